The van der Waals surface area contributed by atoms with E-state index in [4.69, 9.17) is 5.73 Å². The lowest BCUT2D eigenvalue weighted by atomic mass is 10.0. The Hall–Kier alpha value is -1.61. The number of aryl methyl sites for hydroxylation is 3. The monoisotopic (exact) mass is 243 g/mol. The molecule has 0 aliphatic heterocycles. The number of hydrogen-bond donors (Lipinski definition) is 1. The van der Waals surface area contributed by atoms with Crippen molar-refractivity contribution in [3.8, 4) is 5.69 Å². The van der Waals surface area contributed by atoms with Crippen molar-refractivity contribution >= 4 is 0 Å². The lowest BCUT2D eigenvalue weighted by Crippen LogP contribution is -2.08. The average Bonchev–Trinajstić information content (AvgIpc) is 2.70. The van der Waals surface area contributed by atoms with Gasteiger partial charge in [0.05, 0.1) is 11.9 Å². The van der Waals surface area contributed by atoms with Crippen LogP contribution in [0.15, 0.2) is 18.3 Å². The van der Waals surface area contributed by atoms with Crippen LogP contribution in [0.1, 0.15) is 34.9 Å². The van der Waals surface area contributed by atoms with Gasteiger partial charge < -0.3 is 5.73 Å². The summed E-state index contributed by atoms with van der Waals surface area (Å²) in [6.07, 6.45) is 2.83. The Morgan fingerprint density at radius 3 is 2.28 bits per heavy atom. The van der Waals surface area contributed by atoms with Crippen LogP contribution in [0.25, 0.3) is 5.69 Å². The summed E-state index contributed by atoms with van der Waals surface area (Å²) < 4.78 is 2.05. The number of aromatic nitrogens is 2. The van der Waals surface area contributed by atoms with Crippen LogP contribution in [0.5, 0.6) is 0 Å². The Balaban J connectivity index is 2.66. The van der Waals surface area contributed by atoms with Gasteiger partial charge in [0.15, 0.2) is 0 Å². The van der Waals surface area contributed by atoms with Gasteiger partial charge in [-0.05, 0) is 38.3 Å². The van der Waals surface area contributed by atoms with Gasteiger partial charge in [-0.3, -0.25) is 0 Å². The first-order valence-corrected chi connectivity index (χ1v) is 6.42. The molecular formula is C15H21N3. The number of nitrogens with two attached hydrogens (primary N) is 1. The zero-order valence-corrected chi connectivity index (χ0v) is 11.6. The molecule has 3 heteroatoms. The summed E-state index contributed by atoms with van der Waals surface area (Å²) in [5.41, 5.74) is 13.1. The molecule has 0 aliphatic carbocycles. The number of hydrogen-bond acceptors (Lipinski definition) is 2. The lowest BCUT2D eigenvalue weighted by molar-refractivity contribution is 0.796. The SMILES string of the molecule is CCc1c(CN)cnn1-c1c(C)cc(C)cc1C. The summed E-state index contributed by atoms with van der Waals surface area (Å²) in [4.78, 5) is 0. The molecule has 0 saturated heterocycles. The molecule has 1 heterocycles. The maximum Gasteiger partial charge on any atom is 0.0707 e. The highest BCUT2D eigenvalue weighted by Gasteiger charge is 2.13. The molecule has 0 aliphatic rings. The fourth-order valence-corrected chi connectivity index (χ4v) is 2.65. The van der Waals surface area contributed by atoms with E-state index >= 15 is 0 Å². The van der Waals surface area contributed by atoms with Crippen LogP contribution in [0.2, 0.25) is 0 Å². The van der Waals surface area contributed by atoms with Gasteiger partial charge in [0.1, 0.15) is 0 Å². The van der Waals surface area contributed by atoms with Gasteiger partial charge in [0.25, 0.3) is 0 Å². The lowest BCUT2D eigenvalue weighted by Gasteiger charge is -2.14. The van der Waals surface area contributed by atoms with E-state index < -0.39 is 0 Å². The number of benzene rings is 1. The third-order valence-corrected chi connectivity index (χ3v) is 3.36. The topological polar surface area (TPSA) is 43.8 Å². The van der Waals surface area contributed by atoms with Crippen LogP contribution >= 0.6 is 0 Å². The van der Waals surface area contributed by atoms with E-state index in [1.54, 1.807) is 0 Å². The Labute approximate surface area is 109 Å². The van der Waals surface area contributed by atoms with E-state index in [9.17, 15) is 0 Å². The normalized spacial score (nSPS) is 10.9. The fourth-order valence-electron chi connectivity index (χ4n) is 2.65. The second kappa shape index (κ2) is 4.94. The minimum atomic E-state index is 0.549. The van der Waals surface area contributed by atoms with Crippen LogP contribution in [0.4, 0.5) is 0 Å². The van der Waals surface area contributed by atoms with Crippen molar-refractivity contribution in [3.05, 3.63) is 46.3 Å². The Morgan fingerprint density at radius 2 is 1.78 bits per heavy atom. The van der Waals surface area contributed by atoms with Gasteiger partial charge in [-0.1, -0.05) is 24.6 Å². The molecule has 0 fully saturated rings. The zero-order chi connectivity index (χ0) is 13.3. The van der Waals surface area contributed by atoms with Crippen LogP contribution in [0, 0.1) is 20.8 Å². The van der Waals surface area contributed by atoms with Crippen LogP contribution in [-0.2, 0) is 13.0 Å². The highest BCUT2D eigenvalue weighted by molar-refractivity contribution is 5.50. The Morgan fingerprint density at radius 1 is 1.17 bits per heavy atom. The molecule has 1 aromatic carbocycles. The van der Waals surface area contributed by atoms with Gasteiger partial charge in [0, 0.05) is 17.8 Å². The van der Waals surface area contributed by atoms with Crippen molar-refractivity contribution in [1.82, 2.24) is 9.78 Å². The summed E-state index contributed by atoms with van der Waals surface area (Å²) in [6.45, 7) is 9.09. The number of nitrogens with zero attached hydrogens (tertiary/aromatic N) is 2. The van der Waals surface area contributed by atoms with E-state index in [0.717, 1.165) is 12.0 Å². The van der Waals surface area contributed by atoms with Gasteiger partial charge in [-0.15, -0.1) is 0 Å². The van der Waals surface area contributed by atoms with Gasteiger partial charge in [-0.25, -0.2) is 4.68 Å². The van der Waals surface area contributed by atoms with Gasteiger partial charge in [-0.2, -0.15) is 5.10 Å². The maximum absolute atomic E-state index is 5.76. The van der Waals surface area contributed by atoms with Crippen molar-refractivity contribution in [2.75, 3.05) is 0 Å². The summed E-state index contributed by atoms with van der Waals surface area (Å²) in [7, 11) is 0. The van der Waals surface area contributed by atoms with E-state index in [-0.39, 0.29) is 0 Å². The largest absolute Gasteiger partial charge is 0.326 e. The average molecular weight is 243 g/mol. The molecule has 0 unspecified atom stereocenters. The predicted octanol–water partition coefficient (Wildman–Crippen LogP) is 2.82. The quantitative estimate of drug-likeness (QED) is 0.901. The molecule has 2 N–H and O–H groups in total. The van der Waals surface area contributed by atoms with Crippen LogP contribution in [-0.4, -0.2) is 9.78 Å². The molecule has 1 aromatic heterocycles. The van der Waals surface area contributed by atoms with E-state index in [2.05, 4.69) is 44.9 Å². The molecular weight excluding hydrogens is 222 g/mol. The van der Waals surface area contributed by atoms with Crippen molar-refractivity contribution in [1.29, 1.82) is 0 Å². The standard InChI is InChI=1S/C15H21N3/c1-5-14-13(8-16)9-17-18(14)15-11(3)6-10(2)7-12(15)4/h6-7,9H,5,8,16H2,1-4H3. The molecule has 18 heavy (non-hydrogen) atoms. The van der Waals surface area contributed by atoms with E-state index in [0.29, 0.717) is 6.54 Å². The van der Waals surface area contributed by atoms with E-state index in [1.165, 1.54) is 28.1 Å². The van der Waals surface area contributed by atoms with Crippen molar-refractivity contribution < 1.29 is 0 Å². The Kier molecular flexibility index (Phi) is 3.53. The molecule has 2 rings (SSSR count). The van der Waals surface area contributed by atoms with Crippen molar-refractivity contribution in [2.24, 2.45) is 5.73 Å². The second-order valence-electron chi connectivity index (χ2n) is 4.83. The first-order valence-electron chi connectivity index (χ1n) is 6.42. The summed E-state index contributed by atoms with van der Waals surface area (Å²) in [5, 5.41) is 4.52. The molecule has 0 amide bonds. The molecule has 96 valence electrons. The minimum absolute atomic E-state index is 0.549. The predicted molar refractivity (Wildman–Crippen MR) is 75.0 cm³/mol. The molecule has 0 radical (unpaired) electrons. The molecule has 2 aromatic rings. The molecule has 0 spiro atoms. The van der Waals surface area contributed by atoms with Crippen molar-refractivity contribution in [3.63, 3.8) is 0 Å². The van der Waals surface area contributed by atoms with Gasteiger partial charge in [0.2, 0.25) is 0 Å². The zero-order valence-electron chi connectivity index (χ0n) is 11.6. The first-order chi connectivity index (χ1) is 8.58. The molecule has 0 saturated carbocycles. The summed E-state index contributed by atoms with van der Waals surface area (Å²) in [6, 6.07) is 4.40. The van der Waals surface area contributed by atoms with Crippen LogP contribution in [0.3, 0.4) is 0 Å². The smallest absolute Gasteiger partial charge is 0.0707 e. The highest BCUT2D eigenvalue weighted by Crippen LogP contribution is 2.23. The first kappa shape index (κ1) is 12.8. The molecule has 0 atom stereocenters. The van der Waals surface area contributed by atoms with Crippen molar-refractivity contribution in [2.45, 2.75) is 40.7 Å². The third-order valence-electron chi connectivity index (χ3n) is 3.36. The fraction of sp³-hybridized carbons (Fsp3) is 0.400. The summed E-state index contributed by atoms with van der Waals surface area (Å²) in [5.74, 6) is 0. The summed E-state index contributed by atoms with van der Waals surface area (Å²) >= 11 is 0. The maximum atomic E-state index is 5.76. The Bertz CT molecular complexity index is 544. The minimum Gasteiger partial charge on any atom is -0.326 e. The van der Waals surface area contributed by atoms with Crippen LogP contribution < -0.4 is 5.73 Å². The highest BCUT2D eigenvalue weighted by atomic mass is 15.3. The van der Waals surface area contributed by atoms with Gasteiger partial charge >= 0.3 is 0 Å². The van der Waals surface area contributed by atoms with E-state index in [1.807, 2.05) is 10.9 Å². The second-order valence-corrected chi connectivity index (χ2v) is 4.83. The molecule has 0 bridgehead atoms. The molecule has 3 nitrogen and oxygen atoms in total. The number of rotatable bonds is 3. The third kappa shape index (κ3) is 2.06.